The monoisotopic (exact) mass is 477 g/mol. The Bertz CT molecular complexity index is 1290. The van der Waals surface area contributed by atoms with Crippen LogP contribution in [0, 0.1) is 0 Å². The average molecular weight is 478 g/mol. The van der Waals surface area contributed by atoms with Crippen molar-refractivity contribution < 1.29 is 14.3 Å². The number of rotatable bonds is 6. The van der Waals surface area contributed by atoms with Crippen molar-refractivity contribution in [3.63, 3.8) is 0 Å². The number of likely N-dealkylation sites (N-methyl/N-ethyl adjacent to an activating group) is 1. The second kappa shape index (κ2) is 9.15. The Kier molecular flexibility index (Phi) is 6.26. The lowest BCUT2D eigenvalue weighted by molar-refractivity contribution is -0.130. The highest BCUT2D eigenvalue weighted by Crippen LogP contribution is 2.35. The predicted octanol–water partition coefficient (Wildman–Crippen LogP) is 3.34. The Morgan fingerprint density at radius 2 is 2.00 bits per heavy atom. The van der Waals surface area contributed by atoms with Gasteiger partial charge < -0.3 is 15.8 Å². The first-order valence-electron chi connectivity index (χ1n) is 10.5. The number of aliphatic imine (C=N–C) groups is 1. The van der Waals surface area contributed by atoms with Crippen LogP contribution in [0.25, 0.3) is 11.1 Å². The average Bonchev–Trinajstić information content (AvgIpc) is 3.06. The number of benzene rings is 2. The minimum absolute atomic E-state index is 0.178. The van der Waals surface area contributed by atoms with Gasteiger partial charge in [-0.25, -0.2) is 9.98 Å². The molecule has 0 aliphatic carbocycles. The van der Waals surface area contributed by atoms with Crippen LogP contribution in [0.3, 0.4) is 0 Å². The highest BCUT2D eigenvalue weighted by atomic mass is 35.5. The molecular formula is C25H24ClN5O3. The highest BCUT2D eigenvalue weighted by molar-refractivity contribution is 6.30. The van der Waals surface area contributed by atoms with Crippen molar-refractivity contribution in [2.24, 2.45) is 10.7 Å². The Hall–Kier alpha value is -3.91. The molecule has 2 aromatic carbocycles. The fraction of sp³-hybridized carbons (Fsp3) is 0.200. The summed E-state index contributed by atoms with van der Waals surface area (Å²) in [5, 5.41) is 3.47. The van der Waals surface area contributed by atoms with E-state index in [1.165, 1.54) is 18.2 Å². The zero-order chi connectivity index (χ0) is 24.5. The molecule has 1 aliphatic heterocycles. The van der Waals surface area contributed by atoms with Gasteiger partial charge in [-0.15, -0.1) is 0 Å². The molecule has 1 aliphatic rings. The van der Waals surface area contributed by atoms with Gasteiger partial charge in [0, 0.05) is 30.9 Å². The van der Waals surface area contributed by atoms with E-state index >= 15 is 0 Å². The number of nitrogens with zero attached hydrogens (tertiary/aromatic N) is 3. The smallest absolute Gasteiger partial charge is 0.261 e. The highest BCUT2D eigenvalue weighted by Gasteiger charge is 2.43. The molecule has 1 aromatic heterocycles. The third-order valence-corrected chi connectivity index (χ3v) is 6.09. The summed E-state index contributed by atoms with van der Waals surface area (Å²) in [5.74, 6) is 0.149. The lowest BCUT2D eigenvalue weighted by Crippen LogP contribution is -2.38. The number of methoxy groups -OCH3 is 1. The first kappa shape index (κ1) is 23.3. The van der Waals surface area contributed by atoms with Gasteiger partial charge in [0.1, 0.15) is 0 Å². The molecule has 1 atom stereocenters. The van der Waals surface area contributed by atoms with E-state index in [0.29, 0.717) is 22.0 Å². The SMILES string of the molecule is COc1ccc(C(=O)NCc2ccc(Cl)cc2-c2cccc(C3(C)N=C(N)N(C)C3=O)c2)cn1. The van der Waals surface area contributed by atoms with E-state index in [0.717, 1.165) is 16.7 Å². The lowest BCUT2D eigenvalue weighted by atomic mass is 9.89. The van der Waals surface area contributed by atoms with Crippen LogP contribution < -0.4 is 15.8 Å². The first-order chi connectivity index (χ1) is 16.2. The number of halogens is 1. The molecule has 0 bridgehead atoms. The standard InChI is InChI=1S/C25H24ClN5O3/c1-25(23(33)31(2)24(27)30-25)18-6-4-5-15(11-18)20-12-19(26)9-7-16(20)13-29-22(32)17-8-10-21(34-3)28-14-17/h4-12,14H,13H2,1-3H3,(H2,27,30)(H,29,32). The third-order valence-electron chi connectivity index (χ3n) is 5.86. The number of carbonyl (C=O) groups is 2. The first-order valence-corrected chi connectivity index (χ1v) is 10.9. The van der Waals surface area contributed by atoms with E-state index in [1.54, 1.807) is 32.2 Å². The number of aromatic nitrogens is 1. The van der Waals surface area contributed by atoms with Gasteiger partial charge in [-0.2, -0.15) is 0 Å². The number of nitrogens with one attached hydrogen (secondary N) is 1. The van der Waals surface area contributed by atoms with Crippen molar-refractivity contribution in [2.75, 3.05) is 14.2 Å². The number of hydrogen-bond donors (Lipinski definition) is 2. The summed E-state index contributed by atoms with van der Waals surface area (Å²) < 4.78 is 5.03. The molecule has 2 amide bonds. The van der Waals surface area contributed by atoms with E-state index in [4.69, 9.17) is 22.1 Å². The van der Waals surface area contributed by atoms with Gasteiger partial charge >= 0.3 is 0 Å². The second-order valence-electron chi connectivity index (χ2n) is 8.06. The van der Waals surface area contributed by atoms with Gasteiger partial charge in [0.15, 0.2) is 11.5 Å². The zero-order valence-electron chi connectivity index (χ0n) is 19.0. The summed E-state index contributed by atoms with van der Waals surface area (Å²) in [6.45, 7) is 2.01. The molecule has 174 valence electrons. The Morgan fingerprint density at radius 1 is 1.21 bits per heavy atom. The number of guanidine groups is 1. The van der Waals surface area contributed by atoms with Crippen molar-refractivity contribution in [2.45, 2.75) is 19.0 Å². The van der Waals surface area contributed by atoms with Crippen LogP contribution in [-0.2, 0) is 16.9 Å². The number of nitrogens with two attached hydrogens (primary N) is 1. The quantitative estimate of drug-likeness (QED) is 0.565. The predicted molar refractivity (Wildman–Crippen MR) is 131 cm³/mol. The van der Waals surface area contributed by atoms with Crippen molar-refractivity contribution in [3.8, 4) is 17.0 Å². The normalized spacial score (nSPS) is 17.5. The molecule has 0 radical (unpaired) electrons. The van der Waals surface area contributed by atoms with Gasteiger partial charge in [-0.3, -0.25) is 14.5 Å². The molecule has 3 aromatic rings. The summed E-state index contributed by atoms with van der Waals surface area (Å²) in [5.41, 5.74) is 8.45. The zero-order valence-corrected chi connectivity index (χ0v) is 19.8. The summed E-state index contributed by atoms with van der Waals surface area (Å²) >= 11 is 6.30. The van der Waals surface area contributed by atoms with Crippen LogP contribution in [0.2, 0.25) is 5.02 Å². The maximum atomic E-state index is 12.8. The molecule has 8 nitrogen and oxygen atoms in total. The van der Waals surface area contributed by atoms with Crippen LogP contribution in [0.4, 0.5) is 0 Å². The third kappa shape index (κ3) is 4.32. The minimum Gasteiger partial charge on any atom is -0.481 e. The number of hydrogen-bond acceptors (Lipinski definition) is 6. The van der Waals surface area contributed by atoms with E-state index in [1.807, 2.05) is 36.4 Å². The van der Waals surface area contributed by atoms with Crippen molar-refractivity contribution in [3.05, 3.63) is 82.5 Å². The Morgan fingerprint density at radius 3 is 2.65 bits per heavy atom. The molecule has 2 heterocycles. The van der Waals surface area contributed by atoms with Gasteiger partial charge in [0.25, 0.3) is 11.8 Å². The number of pyridine rings is 1. The molecule has 0 saturated heterocycles. The number of amides is 2. The number of ether oxygens (including phenoxy) is 1. The van der Waals surface area contributed by atoms with Gasteiger partial charge in [0.05, 0.1) is 12.7 Å². The summed E-state index contributed by atoms with van der Waals surface area (Å²) in [6, 6.07) is 16.3. The Labute approximate surface area is 202 Å². The Balaban J connectivity index is 1.62. The van der Waals surface area contributed by atoms with Gasteiger partial charge in [-0.05, 0) is 53.4 Å². The molecule has 4 rings (SSSR count). The fourth-order valence-electron chi connectivity index (χ4n) is 3.84. The largest absolute Gasteiger partial charge is 0.481 e. The van der Waals surface area contributed by atoms with Crippen LogP contribution in [0.1, 0.15) is 28.4 Å². The molecule has 0 saturated carbocycles. The van der Waals surface area contributed by atoms with E-state index < -0.39 is 5.54 Å². The summed E-state index contributed by atoms with van der Waals surface area (Å²) in [6.07, 6.45) is 1.46. The topological polar surface area (TPSA) is 110 Å². The van der Waals surface area contributed by atoms with Crippen molar-refractivity contribution in [1.29, 1.82) is 0 Å². The van der Waals surface area contributed by atoms with E-state index in [9.17, 15) is 9.59 Å². The molecule has 0 spiro atoms. The van der Waals surface area contributed by atoms with Crippen LogP contribution >= 0.6 is 11.6 Å². The fourth-order valence-corrected chi connectivity index (χ4v) is 4.02. The van der Waals surface area contributed by atoms with E-state index in [-0.39, 0.29) is 24.3 Å². The summed E-state index contributed by atoms with van der Waals surface area (Å²) in [4.78, 5) is 35.2. The maximum Gasteiger partial charge on any atom is 0.261 e. The van der Waals surface area contributed by atoms with E-state index in [2.05, 4.69) is 15.3 Å². The maximum absolute atomic E-state index is 12.8. The molecule has 34 heavy (non-hydrogen) atoms. The minimum atomic E-state index is -1.11. The lowest BCUT2D eigenvalue weighted by Gasteiger charge is -2.21. The van der Waals surface area contributed by atoms with Gasteiger partial charge in [0.2, 0.25) is 5.88 Å². The van der Waals surface area contributed by atoms with Crippen molar-refractivity contribution >= 4 is 29.4 Å². The molecule has 0 fully saturated rings. The molecular weight excluding hydrogens is 454 g/mol. The van der Waals surface area contributed by atoms with Crippen molar-refractivity contribution in [1.82, 2.24) is 15.2 Å². The molecule has 1 unspecified atom stereocenters. The second-order valence-corrected chi connectivity index (χ2v) is 8.50. The molecule has 9 heteroatoms. The van der Waals surface area contributed by atoms with Gasteiger partial charge in [-0.1, -0.05) is 35.9 Å². The number of carbonyl (C=O) groups excluding carboxylic acids is 2. The molecule has 3 N–H and O–H groups in total. The van der Waals surface area contributed by atoms with Crippen LogP contribution in [-0.4, -0.2) is 41.8 Å². The van der Waals surface area contributed by atoms with Crippen LogP contribution in [0.5, 0.6) is 5.88 Å². The summed E-state index contributed by atoms with van der Waals surface area (Å²) in [7, 11) is 3.12. The van der Waals surface area contributed by atoms with Crippen LogP contribution in [0.15, 0.2) is 65.8 Å².